The summed E-state index contributed by atoms with van der Waals surface area (Å²) in [5, 5.41) is 5.80. The van der Waals surface area contributed by atoms with Crippen LogP contribution in [0.4, 0.5) is 9.59 Å². The molecule has 0 bridgehead atoms. The fraction of sp³-hybridized carbons (Fsp3) is 0.889. The van der Waals surface area contributed by atoms with Crippen LogP contribution in [-0.4, -0.2) is 35.5 Å². The van der Waals surface area contributed by atoms with Crippen LogP contribution in [0.3, 0.4) is 0 Å². The van der Waals surface area contributed by atoms with E-state index in [-0.39, 0.29) is 29.9 Å². The quantitative estimate of drug-likeness (QED) is 0.805. The van der Waals surface area contributed by atoms with E-state index < -0.39 is 5.60 Å². The van der Waals surface area contributed by atoms with Crippen molar-refractivity contribution in [3.63, 3.8) is 0 Å². The van der Waals surface area contributed by atoms with Crippen LogP contribution < -0.4 is 10.6 Å². The smallest absolute Gasteiger partial charge is 0.407 e. The Bertz CT molecular complexity index is 422. The highest BCUT2D eigenvalue weighted by atomic mass is 16.6. The second-order valence-electron chi connectivity index (χ2n) is 9.21. The Morgan fingerprint density at radius 2 is 1.42 bits per heavy atom. The van der Waals surface area contributed by atoms with Crippen LogP contribution in [0.1, 0.15) is 67.2 Å². The van der Waals surface area contributed by atoms with Crippen molar-refractivity contribution >= 4 is 12.2 Å². The van der Waals surface area contributed by atoms with Gasteiger partial charge < -0.3 is 20.1 Å². The molecule has 0 saturated heterocycles. The number of rotatable bonds is 2. The highest BCUT2D eigenvalue weighted by Crippen LogP contribution is 2.45. The van der Waals surface area contributed by atoms with E-state index in [1.54, 1.807) is 0 Å². The third-order valence-electron chi connectivity index (χ3n) is 4.44. The summed E-state index contributed by atoms with van der Waals surface area (Å²) in [6, 6.07) is 0.166. The maximum atomic E-state index is 11.9. The van der Waals surface area contributed by atoms with Gasteiger partial charge in [-0.05, 0) is 79.1 Å². The molecule has 2 rings (SSSR count). The van der Waals surface area contributed by atoms with Gasteiger partial charge in [-0.1, -0.05) is 0 Å². The van der Waals surface area contributed by atoms with Crippen LogP contribution in [0.25, 0.3) is 0 Å². The molecule has 2 aliphatic carbocycles. The van der Waals surface area contributed by atoms with Crippen LogP contribution in [0.5, 0.6) is 0 Å². The molecule has 0 spiro atoms. The molecule has 24 heavy (non-hydrogen) atoms. The highest BCUT2D eigenvalue weighted by molar-refractivity contribution is 5.68. The Balaban J connectivity index is 1.73. The number of hydrogen-bond donors (Lipinski definition) is 2. The van der Waals surface area contributed by atoms with Gasteiger partial charge in [0.1, 0.15) is 11.7 Å². The third kappa shape index (κ3) is 5.87. The molecule has 2 amide bonds. The molecule has 0 aromatic heterocycles. The molecule has 6 heteroatoms. The van der Waals surface area contributed by atoms with Crippen molar-refractivity contribution < 1.29 is 19.1 Å². The van der Waals surface area contributed by atoms with Crippen molar-refractivity contribution in [3.05, 3.63) is 0 Å². The second kappa shape index (κ2) is 6.81. The first kappa shape index (κ1) is 18.9. The fourth-order valence-corrected chi connectivity index (χ4v) is 3.74. The lowest BCUT2D eigenvalue weighted by Crippen LogP contribution is -2.42. The standard InChI is InChI=1S/C18H32N2O4/c1-17(2,3)20-16(22)23-14-9-11-7-13(8-12(11)10-14)19-15(21)24-18(4,5)6/h11-14H,7-10H2,1-6H3,(H,19,21)(H,20,22)/t11-,12+,13?,14?. The molecule has 0 heterocycles. The van der Waals surface area contributed by atoms with E-state index in [0.717, 1.165) is 25.7 Å². The van der Waals surface area contributed by atoms with E-state index in [4.69, 9.17) is 9.47 Å². The van der Waals surface area contributed by atoms with Crippen molar-refractivity contribution in [2.45, 2.75) is 90.5 Å². The number of amides is 2. The summed E-state index contributed by atoms with van der Waals surface area (Å²) in [4.78, 5) is 23.7. The van der Waals surface area contributed by atoms with Gasteiger partial charge in [0.2, 0.25) is 0 Å². The van der Waals surface area contributed by atoms with Crippen molar-refractivity contribution in [1.29, 1.82) is 0 Å². The number of fused-ring (bicyclic) bond motifs is 1. The number of ether oxygens (including phenoxy) is 2. The van der Waals surface area contributed by atoms with Gasteiger partial charge in [0.05, 0.1) is 0 Å². The van der Waals surface area contributed by atoms with Crippen LogP contribution in [0.2, 0.25) is 0 Å². The molecule has 4 atom stereocenters. The van der Waals surface area contributed by atoms with Crippen molar-refractivity contribution in [2.75, 3.05) is 0 Å². The normalized spacial score (nSPS) is 29.8. The van der Waals surface area contributed by atoms with E-state index >= 15 is 0 Å². The molecule has 2 fully saturated rings. The van der Waals surface area contributed by atoms with Crippen molar-refractivity contribution in [1.82, 2.24) is 10.6 Å². The SMILES string of the molecule is CC(C)(C)NC(=O)OC1C[C@H]2CC(NC(=O)OC(C)(C)C)C[C@H]2C1. The van der Waals surface area contributed by atoms with E-state index in [1.165, 1.54) is 0 Å². The number of alkyl carbamates (subject to hydrolysis) is 2. The van der Waals surface area contributed by atoms with Crippen LogP contribution in [-0.2, 0) is 9.47 Å². The zero-order valence-electron chi connectivity index (χ0n) is 15.8. The summed E-state index contributed by atoms with van der Waals surface area (Å²) in [5.74, 6) is 1.02. The molecule has 6 nitrogen and oxygen atoms in total. The molecule has 2 N–H and O–H groups in total. The second-order valence-corrected chi connectivity index (χ2v) is 9.21. The number of hydrogen-bond acceptors (Lipinski definition) is 4. The molecule has 0 aromatic carbocycles. The van der Waals surface area contributed by atoms with Gasteiger partial charge in [0.15, 0.2) is 0 Å². The lowest BCUT2D eigenvalue weighted by atomic mass is 10.0. The average molecular weight is 340 g/mol. The number of carbonyl (C=O) groups excluding carboxylic acids is 2. The van der Waals surface area contributed by atoms with Crippen molar-refractivity contribution in [2.24, 2.45) is 11.8 Å². The summed E-state index contributed by atoms with van der Waals surface area (Å²) >= 11 is 0. The third-order valence-corrected chi connectivity index (χ3v) is 4.44. The lowest BCUT2D eigenvalue weighted by Gasteiger charge is -2.23. The zero-order valence-corrected chi connectivity index (χ0v) is 15.8. The summed E-state index contributed by atoms with van der Waals surface area (Å²) in [7, 11) is 0. The van der Waals surface area contributed by atoms with Crippen LogP contribution >= 0.6 is 0 Å². The first-order valence-corrected chi connectivity index (χ1v) is 8.89. The van der Waals surface area contributed by atoms with E-state index in [1.807, 2.05) is 41.5 Å². The summed E-state index contributed by atoms with van der Waals surface area (Å²) in [6.45, 7) is 11.4. The topological polar surface area (TPSA) is 76.7 Å². The minimum atomic E-state index is -0.474. The Labute approximate surface area is 145 Å². The molecule has 2 aliphatic rings. The van der Waals surface area contributed by atoms with Gasteiger partial charge in [0.25, 0.3) is 0 Å². The minimum Gasteiger partial charge on any atom is -0.446 e. The van der Waals surface area contributed by atoms with Gasteiger partial charge in [-0.2, -0.15) is 0 Å². The van der Waals surface area contributed by atoms with Crippen LogP contribution in [0.15, 0.2) is 0 Å². The Kier molecular flexibility index (Phi) is 5.35. The highest BCUT2D eigenvalue weighted by Gasteiger charge is 2.43. The lowest BCUT2D eigenvalue weighted by molar-refractivity contribution is 0.0501. The van der Waals surface area contributed by atoms with Crippen LogP contribution in [0, 0.1) is 11.8 Å². The zero-order chi connectivity index (χ0) is 18.1. The van der Waals surface area contributed by atoms with Gasteiger partial charge in [0, 0.05) is 11.6 Å². The van der Waals surface area contributed by atoms with Gasteiger partial charge in [-0.25, -0.2) is 9.59 Å². The summed E-state index contributed by atoms with van der Waals surface area (Å²) in [5.41, 5.74) is -0.758. The predicted molar refractivity (Wildman–Crippen MR) is 91.8 cm³/mol. The predicted octanol–water partition coefficient (Wildman–Crippen LogP) is 3.59. The van der Waals surface area contributed by atoms with Crippen molar-refractivity contribution in [3.8, 4) is 0 Å². The number of carbonyl (C=O) groups is 2. The molecular formula is C18H32N2O4. The molecular weight excluding hydrogens is 308 g/mol. The fourth-order valence-electron chi connectivity index (χ4n) is 3.74. The van der Waals surface area contributed by atoms with Gasteiger partial charge >= 0.3 is 12.2 Å². The van der Waals surface area contributed by atoms with E-state index in [0.29, 0.717) is 11.8 Å². The Hall–Kier alpha value is -1.46. The molecule has 138 valence electrons. The van der Waals surface area contributed by atoms with Gasteiger partial charge in [-0.15, -0.1) is 0 Å². The molecule has 0 aliphatic heterocycles. The maximum absolute atomic E-state index is 11.9. The monoisotopic (exact) mass is 340 g/mol. The first-order valence-electron chi connectivity index (χ1n) is 8.89. The summed E-state index contributed by atoms with van der Waals surface area (Å²) in [6.07, 6.45) is 2.95. The largest absolute Gasteiger partial charge is 0.446 e. The van der Waals surface area contributed by atoms with E-state index in [9.17, 15) is 9.59 Å². The molecule has 0 radical (unpaired) electrons. The maximum Gasteiger partial charge on any atom is 0.407 e. The molecule has 2 unspecified atom stereocenters. The molecule has 2 saturated carbocycles. The minimum absolute atomic E-state index is 0.00942. The summed E-state index contributed by atoms with van der Waals surface area (Å²) < 4.78 is 10.9. The van der Waals surface area contributed by atoms with Gasteiger partial charge in [-0.3, -0.25) is 0 Å². The number of nitrogens with one attached hydrogen (secondary N) is 2. The van der Waals surface area contributed by atoms with E-state index in [2.05, 4.69) is 10.6 Å². The first-order chi connectivity index (χ1) is 10.9. The Morgan fingerprint density at radius 3 is 1.88 bits per heavy atom. The average Bonchev–Trinajstić information content (AvgIpc) is 2.79. The Morgan fingerprint density at radius 1 is 0.875 bits per heavy atom. The molecule has 0 aromatic rings.